The van der Waals surface area contributed by atoms with Gasteiger partial charge in [0.1, 0.15) is 0 Å². The number of aliphatic imine (C=N–C) groups is 1. The first kappa shape index (κ1) is 10.3. The Balaban J connectivity index is 2.48. The van der Waals surface area contributed by atoms with E-state index in [1.807, 2.05) is 0 Å². The maximum Gasteiger partial charge on any atom is 0.208 e. The predicted molar refractivity (Wildman–Crippen MR) is 55.3 cm³/mol. The zero-order valence-electron chi connectivity index (χ0n) is 8.80. The molecule has 0 aromatic rings. The molecule has 0 spiro atoms. The molecule has 76 valence electrons. The van der Waals surface area contributed by atoms with Crippen molar-refractivity contribution < 1.29 is 0 Å². The number of hydrazine groups is 1. The standard InChI is InChI=1S/C9H20N4/c1-4-9(5-2)6-13(7-9)8(11-3)12-10/h4-7,10H2,1-3H3,(H,11,12). The van der Waals surface area contributed by atoms with Crippen LogP contribution in [0.5, 0.6) is 0 Å². The molecule has 1 saturated heterocycles. The van der Waals surface area contributed by atoms with Crippen LogP contribution in [0.15, 0.2) is 4.99 Å². The van der Waals surface area contributed by atoms with Crippen molar-refractivity contribution in [3.63, 3.8) is 0 Å². The maximum atomic E-state index is 5.34. The second-order valence-corrected chi connectivity index (χ2v) is 3.75. The highest BCUT2D eigenvalue weighted by atomic mass is 15.4. The van der Waals surface area contributed by atoms with Gasteiger partial charge in [-0.2, -0.15) is 0 Å². The van der Waals surface area contributed by atoms with Crippen molar-refractivity contribution in [2.24, 2.45) is 16.3 Å². The van der Waals surface area contributed by atoms with Gasteiger partial charge in [0.15, 0.2) is 0 Å². The topological polar surface area (TPSA) is 53.6 Å². The van der Waals surface area contributed by atoms with Gasteiger partial charge in [0.25, 0.3) is 0 Å². The van der Waals surface area contributed by atoms with Crippen LogP contribution in [0.4, 0.5) is 0 Å². The van der Waals surface area contributed by atoms with Gasteiger partial charge >= 0.3 is 0 Å². The molecule has 1 fully saturated rings. The summed E-state index contributed by atoms with van der Waals surface area (Å²) >= 11 is 0. The molecule has 0 bridgehead atoms. The Hall–Kier alpha value is -0.770. The highest BCUT2D eigenvalue weighted by Crippen LogP contribution is 2.36. The van der Waals surface area contributed by atoms with Crippen LogP contribution in [0.25, 0.3) is 0 Å². The summed E-state index contributed by atoms with van der Waals surface area (Å²) in [6.45, 7) is 6.66. The minimum absolute atomic E-state index is 0.507. The fourth-order valence-corrected chi connectivity index (χ4v) is 1.91. The monoisotopic (exact) mass is 184 g/mol. The molecule has 0 atom stereocenters. The van der Waals surface area contributed by atoms with Crippen molar-refractivity contribution in [2.45, 2.75) is 26.7 Å². The molecule has 4 heteroatoms. The molecule has 0 aromatic carbocycles. The zero-order valence-corrected chi connectivity index (χ0v) is 8.80. The third-order valence-electron chi connectivity index (χ3n) is 3.19. The molecular weight excluding hydrogens is 164 g/mol. The largest absolute Gasteiger partial charge is 0.341 e. The van der Waals surface area contributed by atoms with Crippen LogP contribution < -0.4 is 11.3 Å². The van der Waals surface area contributed by atoms with Crippen LogP contribution in [-0.2, 0) is 0 Å². The van der Waals surface area contributed by atoms with E-state index in [9.17, 15) is 0 Å². The molecule has 1 rings (SSSR count). The van der Waals surface area contributed by atoms with E-state index >= 15 is 0 Å². The first-order valence-electron chi connectivity index (χ1n) is 4.89. The third-order valence-corrected chi connectivity index (χ3v) is 3.19. The first-order valence-corrected chi connectivity index (χ1v) is 4.89. The molecule has 1 heterocycles. The summed E-state index contributed by atoms with van der Waals surface area (Å²) in [6, 6.07) is 0. The van der Waals surface area contributed by atoms with E-state index in [2.05, 4.69) is 29.2 Å². The lowest BCUT2D eigenvalue weighted by molar-refractivity contribution is 0.0473. The van der Waals surface area contributed by atoms with Gasteiger partial charge in [-0.25, -0.2) is 5.84 Å². The number of rotatable bonds is 2. The average Bonchev–Trinajstić information content (AvgIpc) is 2.11. The van der Waals surface area contributed by atoms with E-state index in [0.29, 0.717) is 5.41 Å². The van der Waals surface area contributed by atoms with Gasteiger partial charge in [0.05, 0.1) is 0 Å². The predicted octanol–water partition coefficient (Wildman–Crippen LogP) is 0.558. The van der Waals surface area contributed by atoms with Crippen molar-refractivity contribution in [1.82, 2.24) is 10.3 Å². The van der Waals surface area contributed by atoms with Crippen LogP contribution in [-0.4, -0.2) is 31.0 Å². The molecule has 0 amide bonds. The Morgan fingerprint density at radius 2 is 2.00 bits per heavy atom. The summed E-state index contributed by atoms with van der Waals surface area (Å²) in [5, 5.41) is 0. The summed E-state index contributed by atoms with van der Waals surface area (Å²) in [7, 11) is 1.76. The van der Waals surface area contributed by atoms with Crippen molar-refractivity contribution in [2.75, 3.05) is 20.1 Å². The highest BCUT2D eigenvalue weighted by Gasteiger charge is 2.40. The van der Waals surface area contributed by atoms with E-state index in [1.165, 1.54) is 12.8 Å². The van der Waals surface area contributed by atoms with Crippen LogP contribution >= 0.6 is 0 Å². The van der Waals surface area contributed by atoms with Crippen LogP contribution in [0, 0.1) is 5.41 Å². The van der Waals surface area contributed by atoms with E-state index in [-0.39, 0.29) is 0 Å². The first-order chi connectivity index (χ1) is 6.21. The Labute approximate surface area is 80.2 Å². The molecule has 0 saturated carbocycles. The Kier molecular flexibility index (Phi) is 3.14. The fraction of sp³-hybridized carbons (Fsp3) is 0.889. The average molecular weight is 184 g/mol. The molecule has 3 N–H and O–H groups in total. The molecule has 0 aliphatic carbocycles. The lowest BCUT2D eigenvalue weighted by Gasteiger charge is -2.50. The second-order valence-electron chi connectivity index (χ2n) is 3.75. The van der Waals surface area contributed by atoms with Gasteiger partial charge in [-0.3, -0.25) is 10.4 Å². The summed E-state index contributed by atoms with van der Waals surface area (Å²) in [5.41, 5.74) is 3.12. The number of guanidine groups is 1. The van der Waals surface area contributed by atoms with Crippen LogP contribution in [0.2, 0.25) is 0 Å². The summed E-state index contributed by atoms with van der Waals surface area (Å²) in [5.74, 6) is 6.15. The molecule has 0 aromatic heterocycles. The fourth-order valence-electron chi connectivity index (χ4n) is 1.91. The number of likely N-dealkylation sites (tertiary alicyclic amines) is 1. The smallest absolute Gasteiger partial charge is 0.208 e. The van der Waals surface area contributed by atoms with E-state index in [1.54, 1.807) is 7.05 Å². The van der Waals surface area contributed by atoms with E-state index in [4.69, 9.17) is 5.84 Å². The lowest BCUT2D eigenvalue weighted by atomic mass is 9.75. The number of hydrogen-bond acceptors (Lipinski definition) is 2. The number of nitrogens with two attached hydrogens (primary N) is 1. The Morgan fingerprint density at radius 3 is 2.31 bits per heavy atom. The molecule has 0 unspecified atom stereocenters. The van der Waals surface area contributed by atoms with Gasteiger partial charge in [-0.15, -0.1) is 0 Å². The Bertz CT molecular complexity index is 188. The van der Waals surface area contributed by atoms with Crippen LogP contribution in [0.3, 0.4) is 0 Å². The minimum atomic E-state index is 0.507. The highest BCUT2D eigenvalue weighted by molar-refractivity contribution is 5.80. The van der Waals surface area contributed by atoms with Crippen LogP contribution in [0.1, 0.15) is 26.7 Å². The molecule has 0 radical (unpaired) electrons. The summed E-state index contributed by atoms with van der Waals surface area (Å²) < 4.78 is 0. The molecule has 13 heavy (non-hydrogen) atoms. The van der Waals surface area contributed by atoms with Crippen molar-refractivity contribution in [1.29, 1.82) is 0 Å². The molecule has 4 nitrogen and oxygen atoms in total. The summed E-state index contributed by atoms with van der Waals surface area (Å²) in [6.07, 6.45) is 2.48. The molecular formula is C9H20N4. The van der Waals surface area contributed by atoms with E-state index in [0.717, 1.165) is 19.0 Å². The number of nitrogens with one attached hydrogen (secondary N) is 1. The van der Waals surface area contributed by atoms with E-state index < -0.39 is 0 Å². The normalized spacial score (nSPS) is 21.2. The third kappa shape index (κ3) is 1.77. The Morgan fingerprint density at radius 1 is 1.46 bits per heavy atom. The maximum absolute atomic E-state index is 5.34. The summed E-state index contributed by atoms with van der Waals surface area (Å²) in [4.78, 5) is 6.26. The van der Waals surface area contributed by atoms with Gasteiger partial charge in [0.2, 0.25) is 5.96 Å². The molecule has 1 aliphatic rings. The van der Waals surface area contributed by atoms with Crippen molar-refractivity contribution in [3.05, 3.63) is 0 Å². The quantitative estimate of drug-likeness (QED) is 0.285. The van der Waals surface area contributed by atoms with Gasteiger partial charge in [0, 0.05) is 25.6 Å². The van der Waals surface area contributed by atoms with Gasteiger partial charge in [-0.1, -0.05) is 13.8 Å². The minimum Gasteiger partial charge on any atom is -0.341 e. The van der Waals surface area contributed by atoms with Gasteiger partial charge in [-0.05, 0) is 12.8 Å². The second kappa shape index (κ2) is 3.96. The van der Waals surface area contributed by atoms with Crippen molar-refractivity contribution in [3.8, 4) is 0 Å². The number of nitrogens with zero attached hydrogens (tertiary/aromatic N) is 2. The van der Waals surface area contributed by atoms with Gasteiger partial charge < -0.3 is 4.90 Å². The van der Waals surface area contributed by atoms with Crippen molar-refractivity contribution >= 4 is 5.96 Å². The molecule has 1 aliphatic heterocycles. The lowest BCUT2D eigenvalue weighted by Crippen LogP contribution is -2.61. The number of hydrogen-bond donors (Lipinski definition) is 2. The zero-order chi connectivity index (χ0) is 9.90. The SMILES string of the molecule is CCC1(CC)CN(C(=NC)NN)C1.